The number of halogens is 1. The molecule has 2 N–H and O–H groups in total. The highest BCUT2D eigenvalue weighted by Crippen LogP contribution is 2.41. The molecule has 0 radical (unpaired) electrons. The van der Waals surface area contributed by atoms with Gasteiger partial charge in [0.1, 0.15) is 10.6 Å². The molecular formula is C24H20FN3O2S2. The number of aromatic nitrogens is 2. The van der Waals surface area contributed by atoms with Gasteiger partial charge in [0.05, 0.1) is 17.2 Å². The number of fused-ring (bicyclic) bond motifs is 1. The van der Waals surface area contributed by atoms with Crippen molar-refractivity contribution < 1.29 is 9.18 Å². The highest BCUT2D eigenvalue weighted by atomic mass is 32.2. The summed E-state index contributed by atoms with van der Waals surface area (Å²) in [6.45, 7) is 0. The first-order valence-corrected chi connectivity index (χ1v) is 12.2. The molecule has 5 rings (SSSR count). The van der Waals surface area contributed by atoms with Crippen LogP contribution in [0.1, 0.15) is 24.4 Å². The lowest BCUT2D eigenvalue weighted by Crippen LogP contribution is -2.31. The Morgan fingerprint density at radius 2 is 1.94 bits per heavy atom. The molecule has 2 aromatic heterocycles. The molecule has 2 heterocycles. The molecule has 4 aromatic rings. The zero-order valence-corrected chi connectivity index (χ0v) is 18.6. The third-order valence-corrected chi connectivity index (χ3v) is 7.23. The molecule has 1 aliphatic carbocycles. The van der Waals surface area contributed by atoms with Crippen LogP contribution in [-0.2, 0) is 4.79 Å². The van der Waals surface area contributed by atoms with Crippen molar-refractivity contribution >= 4 is 39.2 Å². The molecule has 8 heteroatoms. The molecule has 0 aliphatic heterocycles. The molecule has 1 atom stereocenters. The Balaban J connectivity index is 1.30. The van der Waals surface area contributed by atoms with Gasteiger partial charge in [-0.25, -0.2) is 9.37 Å². The summed E-state index contributed by atoms with van der Waals surface area (Å²) in [4.78, 5) is 33.3. The highest BCUT2D eigenvalue weighted by Gasteiger charge is 2.33. The summed E-state index contributed by atoms with van der Waals surface area (Å²) in [6.07, 6.45) is 2.24. The SMILES string of the molecule is O=C(CSc1nc2scc(-c3ccc(F)cc3)c2c(=O)[nH]1)NC(c1ccccc1)C1CC1. The van der Waals surface area contributed by atoms with E-state index in [1.54, 1.807) is 12.1 Å². The average molecular weight is 466 g/mol. The average Bonchev–Trinajstić information content (AvgIpc) is 3.56. The van der Waals surface area contributed by atoms with Crippen LogP contribution in [0, 0.1) is 11.7 Å². The number of carbonyl (C=O) groups is 1. The maximum absolute atomic E-state index is 13.2. The van der Waals surface area contributed by atoms with Crippen LogP contribution in [0.4, 0.5) is 4.39 Å². The fourth-order valence-corrected chi connectivity index (χ4v) is 5.43. The van der Waals surface area contributed by atoms with E-state index in [1.807, 2.05) is 35.7 Å². The van der Waals surface area contributed by atoms with E-state index in [4.69, 9.17) is 0 Å². The number of hydrogen-bond acceptors (Lipinski definition) is 5. The Bertz CT molecular complexity index is 1310. The maximum Gasteiger partial charge on any atom is 0.260 e. The second kappa shape index (κ2) is 8.88. The van der Waals surface area contributed by atoms with Crippen LogP contribution in [0.2, 0.25) is 0 Å². The van der Waals surface area contributed by atoms with Crippen molar-refractivity contribution in [3.8, 4) is 11.1 Å². The topological polar surface area (TPSA) is 74.8 Å². The molecule has 1 saturated carbocycles. The van der Waals surface area contributed by atoms with Crippen LogP contribution < -0.4 is 10.9 Å². The predicted molar refractivity (Wildman–Crippen MR) is 126 cm³/mol. The van der Waals surface area contributed by atoms with Gasteiger partial charge >= 0.3 is 0 Å². The highest BCUT2D eigenvalue weighted by molar-refractivity contribution is 7.99. The lowest BCUT2D eigenvalue weighted by atomic mass is 10.0. The van der Waals surface area contributed by atoms with Gasteiger partial charge in [-0.3, -0.25) is 9.59 Å². The van der Waals surface area contributed by atoms with E-state index in [-0.39, 0.29) is 29.1 Å². The molecule has 2 aromatic carbocycles. The monoisotopic (exact) mass is 465 g/mol. The number of thioether (sulfide) groups is 1. The van der Waals surface area contributed by atoms with Gasteiger partial charge in [0.2, 0.25) is 5.91 Å². The number of nitrogens with one attached hydrogen (secondary N) is 2. The Morgan fingerprint density at radius 1 is 1.19 bits per heavy atom. The number of H-pyrrole nitrogens is 1. The first-order valence-electron chi connectivity index (χ1n) is 10.3. The molecule has 1 aliphatic rings. The van der Waals surface area contributed by atoms with Crippen molar-refractivity contribution in [3.05, 3.63) is 81.7 Å². The number of amides is 1. The zero-order valence-electron chi connectivity index (χ0n) is 17.0. The molecule has 0 saturated heterocycles. The fraction of sp³-hybridized carbons (Fsp3) is 0.208. The Labute approximate surface area is 192 Å². The van der Waals surface area contributed by atoms with E-state index in [1.165, 1.54) is 35.2 Å². The number of carbonyl (C=O) groups excluding carboxylic acids is 1. The van der Waals surface area contributed by atoms with Crippen molar-refractivity contribution in [1.82, 2.24) is 15.3 Å². The van der Waals surface area contributed by atoms with Crippen molar-refractivity contribution in [2.45, 2.75) is 24.0 Å². The molecular weight excluding hydrogens is 445 g/mol. The number of hydrogen-bond donors (Lipinski definition) is 2. The van der Waals surface area contributed by atoms with Gasteiger partial charge in [0.15, 0.2) is 5.16 Å². The van der Waals surface area contributed by atoms with Gasteiger partial charge in [-0.05, 0) is 42.0 Å². The predicted octanol–water partition coefficient (Wildman–Crippen LogP) is 5.15. The minimum atomic E-state index is -0.325. The summed E-state index contributed by atoms with van der Waals surface area (Å²) in [6, 6.07) is 16.1. The van der Waals surface area contributed by atoms with Crippen molar-refractivity contribution in [2.75, 3.05) is 5.75 Å². The number of benzene rings is 2. The van der Waals surface area contributed by atoms with Crippen LogP contribution in [0.5, 0.6) is 0 Å². The first kappa shape index (κ1) is 20.9. The fourth-order valence-electron chi connectivity index (χ4n) is 3.75. The van der Waals surface area contributed by atoms with Gasteiger partial charge in [-0.1, -0.05) is 54.2 Å². The van der Waals surface area contributed by atoms with E-state index >= 15 is 0 Å². The molecule has 0 bridgehead atoms. The summed E-state index contributed by atoms with van der Waals surface area (Å²) in [7, 11) is 0. The molecule has 0 spiro atoms. The van der Waals surface area contributed by atoms with Crippen LogP contribution in [0.25, 0.3) is 21.3 Å². The normalized spacial score (nSPS) is 14.4. The summed E-state index contributed by atoms with van der Waals surface area (Å²) in [5.74, 6) is 0.238. The van der Waals surface area contributed by atoms with E-state index in [0.29, 0.717) is 21.3 Å². The first-order chi connectivity index (χ1) is 15.6. The van der Waals surface area contributed by atoms with Crippen LogP contribution in [0.3, 0.4) is 0 Å². The molecule has 32 heavy (non-hydrogen) atoms. The second-order valence-corrected chi connectivity index (χ2v) is 9.61. The number of nitrogens with zero attached hydrogens (tertiary/aromatic N) is 1. The lowest BCUT2D eigenvalue weighted by Gasteiger charge is -2.18. The van der Waals surface area contributed by atoms with Crippen molar-refractivity contribution in [2.24, 2.45) is 5.92 Å². The quantitative estimate of drug-likeness (QED) is 0.292. The second-order valence-electron chi connectivity index (χ2n) is 7.79. The number of thiophene rings is 1. The number of aromatic amines is 1. The summed E-state index contributed by atoms with van der Waals surface area (Å²) in [5, 5.41) is 5.88. The van der Waals surface area contributed by atoms with Crippen LogP contribution in [-0.4, -0.2) is 21.6 Å². The molecule has 1 fully saturated rings. The molecule has 162 valence electrons. The zero-order chi connectivity index (χ0) is 22.1. The largest absolute Gasteiger partial charge is 0.348 e. The summed E-state index contributed by atoms with van der Waals surface area (Å²) in [5.41, 5.74) is 2.34. The Morgan fingerprint density at radius 3 is 2.66 bits per heavy atom. The molecule has 1 amide bonds. The molecule has 1 unspecified atom stereocenters. The van der Waals surface area contributed by atoms with E-state index in [0.717, 1.165) is 29.5 Å². The van der Waals surface area contributed by atoms with Crippen LogP contribution >= 0.6 is 23.1 Å². The maximum atomic E-state index is 13.2. The molecule has 5 nitrogen and oxygen atoms in total. The van der Waals surface area contributed by atoms with E-state index in [2.05, 4.69) is 15.3 Å². The standard InChI is InChI=1S/C24H20FN3O2S2/c25-17-10-8-14(9-11-17)18-12-31-23-20(18)22(30)27-24(28-23)32-13-19(29)26-21(16-6-7-16)15-4-2-1-3-5-15/h1-5,8-12,16,21H,6-7,13H2,(H,26,29)(H,27,28,30). The van der Waals surface area contributed by atoms with E-state index < -0.39 is 0 Å². The van der Waals surface area contributed by atoms with Gasteiger partial charge in [0.25, 0.3) is 5.56 Å². The van der Waals surface area contributed by atoms with Gasteiger partial charge in [-0.2, -0.15) is 0 Å². The third kappa shape index (κ3) is 4.47. The minimum absolute atomic E-state index is 0.0225. The van der Waals surface area contributed by atoms with Crippen molar-refractivity contribution in [3.63, 3.8) is 0 Å². The van der Waals surface area contributed by atoms with Gasteiger partial charge in [-0.15, -0.1) is 11.3 Å². The summed E-state index contributed by atoms with van der Waals surface area (Å²) < 4.78 is 13.2. The smallest absolute Gasteiger partial charge is 0.260 e. The van der Waals surface area contributed by atoms with Crippen LogP contribution in [0.15, 0.2) is 69.9 Å². The Kier molecular flexibility index (Phi) is 5.80. The minimum Gasteiger partial charge on any atom is -0.348 e. The number of rotatable bonds is 7. The lowest BCUT2D eigenvalue weighted by molar-refractivity contribution is -0.119. The van der Waals surface area contributed by atoms with Crippen molar-refractivity contribution in [1.29, 1.82) is 0 Å². The van der Waals surface area contributed by atoms with Gasteiger partial charge < -0.3 is 10.3 Å². The van der Waals surface area contributed by atoms with E-state index in [9.17, 15) is 14.0 Å². The summed E-state index contributed by atoms with van der Waals surface area (Å²) >= 11 is 2.57. The third-order valence-electron chi connectivity index (χ3n) is 5.49. The van der Waals surface area contributed by atoms with Gasteiger partial charge in [0, 0.05) is 10.9 Å². The Hall–Kier alpha value is -2.97.